The third-order valence-electron chi connectivity index (χ3n) is 6.82. The van der Waals surface area contributed by atoms with Crippen molar-refractivity contribution in [2.24, 2.45) is 0 Å². The van der Waals surface area contributed by atoms with Crippen molar-refractivity contribution in [3.05, 3.63) is 0 Å². The van der Waals surface area contributed by atoms with Crippen LogP contribution >= 0.6 is 0 Å². The van der Waals surface area contributed by atoms with E-state index in [2.05, 4.69) is 60.7 Å². The summed E-state index contributed by atoms with van der Waals surface area (Å²) in [6.07, 6.45) is 9.08. The van der Waals surface area contributed by atoms with Crippen LogP contribution in [0, 0.1) is 0 Å². The molecule has 0 amide bonds. The summed E-state index contributed by atoms with van der Waals surface area (Å²) in [5, 5.41) is 15.8. The van der Waals surface area contributed by atoms with Crippen molar-refractivity contribution >= 4 is 0 Å². The van der Waals surface area contributed by atoms with Crippen LogP contribution in [0.3, 0.4) is 0 Å². The number of ether oxygens (including phenoxy) is 2. The predicted molar refractivity (Wildman–Crippen MR) is 119 cm³/mol. The van der Waals surface area contributed by atoms with E-state index in [0.717, 1.165) is 51.7 Å². The Kier molecular flexibility index (Phi) is 8.23. The predicted octanol–water partition coefficient (Wildman–Crippen LogP) is 5.30. The van der Waals surface area contributed by atoms with Gasteiger partial charge < -0.3 is 20.0 Å². The lowest BCUT2D eigenvalue weighted by atomic mass is 9.95. The maximum atomic E-state index is 10.6. The molecule has 2 atom stereocenters. The summed E-state index contributed by atoms with van der Waals surface area (Å²) in [5.41, 5.74) is -0.220. The van der Waals surface area contributed by atoms with Crippen molar-refractivity contribution < 1.29 is 14.7 Å². The highest BCUT2D eigenvalue weighted by atomic mass is 16.5. The van der Waals surface area contributed by atoms with E-state index in [9.17, 15) is 5.21 Å². The number of unbranched alkanes of at least 4 members (excludes halogenated alkanes) is 3. The van der Waals surface area contributed by atoms with E-state index < -0.39 is 0 Å². The van der Waals surface area contributed by atoms with Crippen LogP contribution in [0.1, 0.15) is 107 Å². The molecule has 2 fully saturated rings. The Morgan fingerprint density at radius 2 is 1.41 bits per heavy atom. The number of nitrogens with one attached hydrogen (secondary N) is 1. The van der Waals surface area contributed by atoms with Gasteiger partial charge in [0.25, 0.3) is 0 Å². The second-order valence-electron chi connectivity index (χ2n) is 11.9. The lowest BCUT2D eigenvalue weighted by molar-refractivity contribution is -0.223. The number of hydrogen-bond donors (Lipinski definition) is 2. The van der Waals surface area contributed by atoms with Gasteiger partial charge in [0.1, 0.15) is 0 Å². The molecular weight excluding hydrogens is 364 g/mol. The molecule has 0 bridgehead atoms. The fourth-order valence-electron chi connectivity index (χ4n) is 5.35. The van der Waals surface area contributed by atoms with Gasteiger partial charge in [-0.3, -0.25) is 0 Å². The Hall–Kier alpha value is -0.200. The Balaban J connectivity index is 1.57. The summed E-state index contributed by atoms with van der Waals surface area (Å²) < 4.78 is 12.4. The summed E-state index contributed by atoms with van der Waals surface area (Å²) in [5.74, 6) is 0. The molecule has 2 aliphatic heterocycles. The van der Waals surface area contributed by atoms with Gasteiger partial charge in [0.05, 0.1) is 12.2 Å². The molecule has 0 aromatic carbocycles. The molecule has 5 heteroatoms. The molecular formula is C24H48N2O3. The minimum absolute atomic E-state index is 0.0581. The zero-order valence-corrected chi connectivity index (χ0v) is 20.4. The molecule has 0 radical (unpaired) electrons. The Morgan fingerprint density at radius 3 is 1.97 bits per heavy atom. The number of nitrogens with zero attached hydrogens (tertiary/aromatic N) is 1. The first-order chi connectivity index (χ1) is 13.3. The zero-order chi connectivity index (χ0) is 21.9. The van der Waals surface area contributed by atoms with Crippen molar-refractivity contribution in [3.8, 4) is 0 Å². The zero-order valence-electron chi connectivity index (χ0n) is 20.4. The average Bonchev–Trinajstić information content (AvgIpc) is 2.75. The Bertz CT molecular complexity index is 516. The highest BCUT2D eigenvalue weighted by Gasteiger charge is 2.44. The molecule has 172 valence electrons. The minimum Gasteiger partial charge on any atom is -0.378 e. The van der Waals surface area contributed by atoms with Crippen LogP contribution < -0.4 is 5.32 Å². The van der Waals surface area contributed by atoms with E-state index in [-0.39, 0.29) is 28.3 Å². The first-order valence-electron chi connectivity index (χ1n) is 11.8. The van der Waals surface area contributed by atoms with Crippen LogP contribution in [0.2, 0.25) is 0 Å². The van der Waals surface area contributed by atoms with Gasteiger partial charge in [-0.15, -0.1) is 0 Å². The lowest BCUT2D eigenvalue weighted by Crippen LogP contribution is -2.52. The molecule has 2 unspecified atom stereocenters. The van der Waals surface area contributed by atoms with E-state index in [4.69, 9.17) is 9.47 Å². The highest BCUT2D eigenvalue weighted by Crippen LogP contribution is 2.36. The van der Waals surface area contributed by atoms with Crippen molar-refractivity contribution in [3.63, 3.8) is 0 Å². The first kappa shape index (κ1) is 25.1. The molecule has 0 saturated carbocycles. The van der Waals surface area contributed by atoms with Crippen LogP contribution in [0.25, 0.3) is 0 Å². The fraction of sp³-hybridized carbons (Fsp3) is 1.00. The molecule has 5 nitrogen and oxygen atoms in total. The third kappa shape index (κ3) is 7.17. The van der Waals surface area contributed by atoms with E-state index in [1.165, 1.54) is 12.8 Å². The van der Waals surface area contributed by atoms with Crippen LogP contribution in [0.15, 0.2) is 0 Å². The molecule has 2 N–H and O–H groups in total. The average molecular weight is 413 g/mol. The van der Waals surface area contributed by atoms with E-state index in [0.29, 0.717) is 6.10 Å². The van der Waals surface area contributed by atoms with Crippen molar-refractivity contribution in [2.45, 2.75) is 141 Å². The standard InChI is InChI=1S/C24H48N2O3/c1-21(2)18-20(24(7,8)25-21)29-16-12-10-9-11-15-28-19-13-14-22(3,4)26(27)23(5,6)17-19/h19-20,25,27H,9-18H2,1-8H3. The van der Waals surface area contributed by atoms with Crippen molar-refractivity contribution in [2.75, 3.05) is 13.2 Å². The monoisotopic (exact) mass is 412 g/mol. The van der Waals surface area contributed by atoms with Crippen LogP contribution in [0.4, 0.5) is 0 Å². The quantitative estimate of drug-likeness (QED) is 0.503. The largest absolute Gasteiger partial charge is 0.378 e. The number of hydroxylamine groups is 2. The Labute approximate surface area is 179 Å². The normalized spacial score (nSPS) is 30.9. The lowest BCUT2D eigenvalue weighted by Gasteiger charge is -2.42. The molecule has 2 saturated heterocycles. The summed E-state index contributed by atoms with van der Waals surface area (Å²) in [6, 6.07) is 0. The molecule has 0 aromatic rings. The van der Waals surface area contributed by atoms with Gasteiger partial charge in [-0.2, -0.15) is 5.06 Å². The number of hydrogen-bond acceptors (Lipinski definition) is 5. The second-order valence-corrected chi connectivity index (χ2v) is 11.9. The highest BCUT2D eigenvalue weighted by molar-refractivity contribution is 5.04. The van der Waals surface area contributed by atoms with Crippen LogP contribution in [-0.4, -0.2) is 57.8 Å². The molecule has 29 heavy (non-hydrogen) atoms. The second kappa shape index (κ2) is 9.52. The third-order valence-corrected chi connectivity index (χ3v) is 6.82. The van der Waals surface area contributed by atoms with Gasteiger partial charge in [0.2, 0.25) is 0 Å². The molecule has 2 aliphatic rings. The van der Waals surface area contributed by atoms with Crippen molar-refractivity contribution in [1.82, 2.24) is 10.4 Å². The first-order valence-corrected chi connectivity index (χ1v) is 11.8. The molecule has 2 rings (SSSR count). The molecule has 2 heterocycles. The van der Waals surface area contributed by atoms with Gasteiger partial charge in [0.15, 0.2) is 0 Å². The molecule has 0 aromatic heterocycles. The van der Waals surface area contributed by atoms with Gasteiger partial charge >= 0.3 is 0 Å². The smallest absolute Gasteiger partial charge is 0.0768 e. The molecule has 0 aliphatic carbocycles. The van der Waals surface area contributed by atoms with Gasteiger partial charge in [-0.25, -0.2) is 0 Å². The maximum absolute atomic E-state index is 10.6. The summed E-state index contributed by atoms with van der Waals surface area (Å²) in [4.78, 5) is 0. The van der Waals surface area contributed by atoms with E-state index in [1.54, 1.807) is 5.06 Å². The summed E-state index contributed by atoms with van der Waals surface area (Å²) in [7, 11) is 0. The van der Waals surface area contributed by atoms with Gasteiger partial charge in [-0.1, -0.05) is 12.8 Å². The SMILES string of the molecule is CC1(C)CC(OCCCCCCOC2CCC(C)(C)N(O)C(C)(C)C2)C(C)(C)N1. The van der Waals surface area contributed by atoms with E-state index in [1.807, 2.05) is 0 Å². The Morgan fingerprint density at radius 1 is 0.828 bits per heavy atom. The van der Waals surface area contributed by atoms with Gasteiger partial charge in [0, 0.05) is 35.4 Å². The molecule has 0 spiro atoms. The minimum atomic E-state index is -0.251. The van der Waals surface area contributed by atoms with Crippen molar-refractivity contribution in [1.29, 1.82) is 0 Å². The van der Waals surface area contributed by atoms with Crippen LogP contribution in [0.5, 0.6) is 0 Å². The van der Waals surface area contributed by atoms with Crippen LogP contribution in [-0.2, 0) is 9.47 Å². The topological polar surface area (TPSA) is 54.0 Å². The maximum Gasteiger partial charge on any atom is 0.0768 e. The van der Waals surface area contributed by atoms with E-state index >= 15 is 0 Å². The fourth-order valence-corrected chi connectivity index (χ4v) is 5.35. The summed E-state index contributed by atoms with van der Waals surface area (Å²) >= 11 is 0. The van der Waals surface area contributed by atoms with Gasteiger partial charge in [-0.05, 0) is 93.9 Å². The number of rotatable bonds is 9. The summed E-state index contributed by atoms with van der Waals surface area (Å²) in [6.45, 7) is 19.1.